The van der Waals surface area contributed by atoms with Crippen LogP contribution in [0.15, 0.2) is 0 Å². The van der Waals surface area contributed by atoms with Gasteiger partial charge in [-0.1, -0.05) is 0 Å². The third-order valence-corrected chi connectivity index (χ3v) is 2.18. The number of rotatable bonds is 4. The van der Waals surface area contributed by atoms with Crippen LogP contribution in [0.1, 0.15) is 6.92 Å². The van der Waals surface area contributed by atoms with E-state index >= 15 is 0 Å². The van der Waals surface area contributed by atoms with E-state index in [0.717, 1.165) is 6.92 Å². The van der Waals surface area contributed by atoms with Gasteiger partial charge in [-0.3, -0.25) is 4.79 Å². The summed E-state index contributed by atoms with van der Waals surface area (Å²) in [6, 6.07) is 0. The predicted octanol–water partition coefficient (Wildman–Crippen LogP) is -1.65. The summed E-state index contributed by atoms with van der Waals surface area (Å²) in [4.78, 5) is 22.0. The van der Waals surface area contributed by atoms with Crippen molar-refractivity contribution in [3.63, 3.8) is 0 Å². The molecule has 0 bridgehead atoms. The van der Waals surface area contributed by atoms with Crippen molar-refractivity contribution in [1.82, 2.24) is 5.32 Å². The zero-order valence-electron chi connectivity index (χ0n) is 8.93. The number of nitrogens with one attached hydrogen (secondary N) is 1. The zero-order valence-corrected chi connectivity index (χ0v) is 8.93. The Morgan fingerprint density at radius 1 is 1.50 bits per heavy atom. The summed E-state index contributed by atoms with van der Waals surface area (Å²) in [5.41, 5.74) is -1.98. The van der Waals surface area contributed by atoms with Gasteiger partial charge >= 0.3 is 5.97 Å². The first-order chi connectivity index (χ1) is 7.43. The van der Waals surface area contributed by atoms with Gasteiger partial charge in [-0.05, 0) is 6.92 Å². The molecule has 1 heterocycles. The molecule has 1 aliphatic heterocycles. The van der Waals surface area contributed by atoms with E-state index in [9.17, 15) is 14.7 Å². The van der Waals surface area contributed by atoms with E-state index in [1.165, 1.54) is 0 Å². The SMILES string of the molecule is CC(O)(CNC(=O)C1COCCO1)C(=O)O. The minimum absolute atomic E-state index is 0.140. The standard InChI is InChI=1S/C9H15NO6/c1-9(14,8(12)13)5-10-7(11)6-4-15-2-3-16-6/h6,14H,2-5H2,1H3,(H,10,11)(H,12,13). The lowest BCUT2D eigenvalue weighted by molar-refractivity contribution is -0.158. The number of carbonyl (C=O) groups is 2. The average Bonchev–Trinajstić information content (AvgIpc) is 2.27. The van der Waals surface area contributed by atoms with Crippen LogP contribution in [0.3, 0.4) is 0 Å². The predicted molar refractivity (Wildman–Crippen MR) is 51.8 cm³/mol. The minimum Gasteiger partial charge on any atom is -0.479 e. The van der Waals surface area contributed by atoms with Crippen molar-refractivity contribution in [2.75, 3.05) is 26.4 Å². The van der Waals surface area contributed by atoms with E-state index in [0.29, 0.717) is 13.2 Å². The first kappa shape index (κ1) is 12.9. The largest absolute Gasteiger partial charge is 0.479 e. The molecule has 7 nitrogen and oxygen atoms in total. The summed E-state index contributed by atoms with van der Waals surface area (Å²) < 4.78 is 10.1. The van der Waals surface area contributed by atoms with Crippen molar-refractivity contribution in [3.05, 3.63) is 0 Å². The molecule has 2 atom stereocenters. The number of carbonyl (C=O) groups excluding carboxylic acids is 1. The Kier molecular flexibility index (Phi) is 4.22. The van der Waals surface area contributed by atoms with E-state index in [4.69, 9.17) is 14.6 Å². The molecule has 1 rings (SSSR count). The highest BCUT2D eigenvalue weighted by atomic mass is 16.6. The molecule has 0 spiro atoms. The van der Waals surface area contributed by atoms with Gasteiger partial charge in [0.05, 0.1) is 26.4 Å². The molecule has 0 aromatic rings. The number of aliphatic hydroxyl groups is 1. The number of aliphatic carboxylic acids is 1. The van der Waals surface area contributed by atoms with Gasteiger partial charge in [-0.25, -0.2) is 4.79 Å². The lowest BCUT2D eigenvalue weighted by Gasteiger charge is -2.24. The third-order valence-electron chi connectivity index (χ3n) is 2.18. The molecule has 92 valence electrons. The van der Waals surface area contributed by atoms with Crippen LogP contribution < -0.4 is 5.32 Å². The second-order valence-electron chi connectivity index (χ2n) is 3.73. The van der Waals surface area contributed by atoms with Gasteiger partial charge in [0, 0.05) is 0 Å². The van der Waals surface area contributed by atoms with Crippen LogP contribution in [0, 0.1) is 0 Å². The van der Waals surface area contributed by atoms with E-state index in [1.54, 1.807) is 0 Å². The van der Waals surface area contributed by atoms with Gasteiger partial charge in [0.1, 0.15) is 0 Å². The maximum absolute atomic E-state index is 11.4. The fraction of sp³-hybridized carbons (Fsp3) is 0.778. The van der Waals surface area contributed by atoms with Gasteiger partial charge in [0.2, 0.25) is 0 Å². The molecule has 1 fully saturated rings. The monoisotopic (exact) mass is 233 g/mol. The van der Waals surface area contributed by atoms with Crippen LogP contribution in [0.5, 0.6) is 0 Å². The third kappa shape index (κ3) is 3.44. The first-order valence-corrected chi connectivity index (χ1v) is 4.86. The lowest BCUT2D eigenvalue weighted by atomic mass is 10.1. The topological polar surface area (TPSA) is 105 Å². The second kappa shape index (κ2) is 5.24. The molecule has 1 amide bonds. The first-order valence-electron chi connectivity index (χ1n) is 4.86. The van der Waals surface area contributed by atoms with Crippen molar-refractivity contribution >= 4 is 11.9 Å². The molecule has 2 unspecified atom stereocenters. The molecule has 3 N–H and O–H groups in total. The van der Waals surface area contributed by atoms with E-state index in [-0.39, 0.29) is 13.2 Å². The van der Waals surface area contributed by atoms with Gasteiger partial charge in [-0.15, -0.1) is 0 Å². The maximum Gasteiger partial charge on any atom is 0.337 e. The lowest BCUT2D eigenvalue weighted by Crippen LogP contribution is -2.50. The summed E-state index contributed by atoms with van der Waals surface area (Å²) in [5.74, 6) is -1.88. The highest BCUT2D eigenvalue weighted by Gasteiger charge is 2.32. The van der Waals surface area contributed by atoms with Crippen LogP contribution in [-0.4, -0.2) is 60.2 Å². The number of hydrogen-bond donors (Lipinski definition) is 3. The van der Waals surface area contributed by atoms with E-state index < -0.39 is 23.6 Å². The molecule has 7 heteroatoms. The molecule has 0 radical (unpaired) electrons. The Morgan fingerprint density at radius 2 is 2.19 bits per heavy atom. The quantitative estimate of drug-likeness (QED) is 0.537. The molecule has 0 aromatic carbocycles. The normalized spacial score (nSPS) is 24.5. The van der Waals surface area contributed by atoms with Gasteiger partial charge in [0.15, 0.2) is 11.7 Å². The molecule has 1 saturated heterocycles. The molecular formula is C9H15NO6. The number of amides is 1. The number of ether oxygens (including phenoxy) is 2. The van der Waals surface area contributed by atoms with Crippen molar-refractivity contribution in [2.45, 2.75) is 18.6 Å². The van der Waals surface area contributed by atoms with Gasteiger partial charge in [-0.2, -0.15) is 0 Å². The smallest absolute Gasteiger partial charge is 0.337 e. The molecule has 0 aromatic heterocycles. The molecule has 1 aliphatic rings. The van der Waals surface area contributed by atoms with E-state index in [1.807, 2.05) is 0 Å². The Labute approximate surface area is 92.3 Å². The van der Waals surface area contributed by atoms with Crippen LogP contribution in [0.2, 0.25) is 0 Å². The Morgan fingerprint density at radius 3 is 2.69 bits per heavy atom. The molecular weight excluding hydrogens is 218 g/mol. The Hall–Kier alpha value is -1.18. The van der Waals surface area contributed by atoms with Crippen molar-refractivity contribution in [1.29, 1.82) is 0 Å². The summed E-state index contributed by atoms with van der Waals surface area (Å²) >= 11 is 0. The Bertz CT molecular complexity index is 271. The van der Waals surface area contributed by atoms with Crippen molar-refractivity contribution in [3.8, 4) is 0 Å². The van der Waals surface area contributed by atoms with Crippen molar-refractivity contribution in [2.24, 2.45) is 0 Å². The second-order valence-corrected chi connectivity index (χ2v) is 3.73. The summed E-state index contributed by atoms with van der Waals surface area (Å²) in [7, 11) is 0. The number of hydrogen-bond acceptors (Lipinski definition) is 5. The van der Waals surface area contributed by atoms with Crippen LogP contribution in [-0.2, 0) is 19.1 Å². The van der Waals surface area contributed by atoms with Gasteiger partial charge < -0.3 is 25.0 Å². The fourth-order valence-corrected chi connectivity index (χ4v) is 1.09. The zero-order chi connectivity index (χ0) is 12.2. The minimum atomic E-state index is -1.98. The molecule has 0 saturated carbocycles. The van der Waals surface area contributed by atoms with E-state index in [2.05, 4.69) is 5.32 Å². The fourth-order valence-electron chi connectivity index (χ4n) is 1.09. The molecule has 0 aliphatic carbocycles. The highest BCUT2D eigenvalue weighted by Crippen LogP contribution is 2.03. The Balaban J connectivity index is 2.37. The van der Waals surface area contributed by atoms with Crippen LogP contribution in [0.4, 0.5) is 0 Å². The molecule has 16 heavy (non-hydrogen) atoms. The number of carboxylic acid groups (broad SMARTS) is 1. The summed E-state index contributed by atoms with van der Waals surface area (Å²) in [5, 5.41) is 20.3. The number of carboxylic acids is 1. The van der Waals surface area contributed by atoms with Crippen molar-refractivity contribution < 1.29 is 29.3 Å². The highest BCUT2D eigenvalue weighted by molar-refractivity contribution is 5.83. The average molecular weight is 233 g/mol. The summed E-state index contributed by atoms with van der Waals surface area (Å²) in [6.45, 7) is 1.64. The van der Waals surface area contributed by atoms with Gasteiger partial charge in [0.25, 0.3) is 5.91 Å². The van der Waals surface area contributed by atoms with Crippen LogP contribution >= 0.6 is 0 Å². The van der Waals surface area contributed by atoms with Crippen LogP contribution in [0.25, 0.3) is 0 Å². The maximum atomic E-state index is 11.4. The summed E-state index contributed by atoms with van der Waals surface area (Å²) in [6.07, 6.45) is -0.738.